The van der Waals surface area contributed by atoms with Crippen molar-refractivity contribution >= 4 is 17.7 Å². The summed E-state index contributed by atoms with van der Waals surface area (Å²) in [5, 5.41) is 18.7. The van der Waals surface area contributed by atoms with Crippen molar-refractivity contribution in [3.05, 3.63) is 23.3 Å². The Morgan fingerprint density at radius 2 is 1.85 bits per heavy atom. The van der Waals surface area contributed by atoms with Crippen molar-refractivity contribution in [1.29, 1.82) is 0 Å². The molecule has 0 aromatic carbocycles. The molecule has 0 heterocycles. The lowest BCUT2D eigenvalue weighted by atomic mass is 9.63. The van der Waals surface area contributed by atoms with Gasteiger partial charge in [0.1, 0.15) is 5.78 Å². The van der Waals surface area contributed by atoms with Gasteiger partial charge in [-0.15, -0.1) is 0 Å². The van der Waals surface area contributed by atoms with Gasteiger partial charge in [0.05, 0.1) is 18.6 Å². The maximum absolute atomic E-state index is 12.2. The molecular formula is C21H30O6. The maximum Gasteiger partial charge on any atom is 0.334 e. The Kier molecular flexibility index (Phi) is 6.00. The average Bonchev–Trinajstić information content (AvgIpc) is 2.74. The van der Waals surface area contributed by atoms with Crippen molar-refractivity contribution in [3.8, 4) is 0 Å². The van der Waals surface area contributed by atoms with E-state index in [1.54, 1.807) is 6.08 Å². The van der Waals surface area contributed by atoms with E-state index in [0.717, 1.165) is 0 Å². The molecule has 6 heteroatoms. The zero-order valence-corrected chi connectivity index (χ0v) is 16.6. The van der Waals surface area contributed by atoms with Gasteiger partial charge in [0.25, 0.3) is 0 Å². The number of aliphatic carboxylic acids is 1. The zero-order valence-electron chi connectivity index (χ0n) is 16.6. The lowest BCUT2D eigenvalue weighted by Gasteiger charge is -2.40. The van der Waals surface area contributed by atoms with Crippen LogP contribution in [0.25, 0.3) is 0 Å². The van der Waals surface area contributed by atoms with Crippen LogP contribution in [0.1, 0.15) is 66.2 Å². The van der Waals surface area contributed by atoms with Crippen LogP contribution in [0.3, 0.4) is 0 Å². The molecule has 2 rings (SSSR count). The Morgan fingerprint density at radius 3 is 2.33 bits per heavy atom. The molecule has 2 aliphatic carbocycles. The van der Waals surface area contributed by atoms with E-state index < -0.39 is 24.0 Å². The Bertz CT molecular complexity index is 697. The summed E-state index contributed by atoms with van der Waals surface area (Å²) >= 11 is 0. The molecule has 6 nitrogen and oxygen atoms in total. The van der Waals surface area contributed by atoms with Crippen LogP contribution in [0.4, 0.5) is 0 Å². The summed E-state index contributed by atoms with van der Waals surface area (Å²) in [4.78, 5) is 34.9. The number of carbonyl (C=O) groups excluding carboxylic acids is 2. The number of esters is 1. The lowest BCUT2D eigenvalue weighted by Crippen LogP contribution is -2.32. The summed E-state index contributed by atoms with van der Waals surface area (Å²) in [6.07, 6.45) is 5.76. The fourth-order valence-corrected chi connectivity index (χ4v) is 4.07. The molecule has 0 bridgehead atoms. The number of aliphatic hydroxyl groups is 1. The Labute approximate surface area is 160 Å². The molecule has 2 N–H and O–H groups in total. The number of ether oxygens (including phenoxy) is 1. The van der Waals surface area contributed by atoms with Crippen molar-refractivity contribution in [2.45, 2.75) is 71.8 Å². The van der Waals surface area contributed by atoms with Crippen LogP contribution in [0.15, 0.2) is 23.3 Å². The first-order valence-electron chi connectivity index (χ1n) is 9.40. The van der Waals surface area contributed by atoms with E-state index in [4.69, 9.17) is 9.84 Å². The maximum atomic E-state index is 12.2. The Balaban J connectivity index is 1.97. The minimum absolute atomic E-state index is 0.0354. The lowest BCUT2D eigenvalue weighted by molar-refractivity contribution is -0.144. The van der Waals surface area contributed by atoms with E-state index in [0.29, 0.717) is 31.3 Å². The first-order valence-corrected chi connectivity index (χ1v) is 9.40. The van der Waals surface area contributed by atoms with Crippen LogP contribution in [0.5, 0.6) is 0 Å². The fourth-order valence-electron chi connectivity index (χ4n) is 4.07. The van der Waals surface area contributed by atoms with Crippen LogP contribution < -0.4 is 0 Å². The quantitative estimate of drug-likeness (QED) is 0.660. The number of hydrogen-bond acceptors (Lipinski definition) is 5. The molecule has 0 radical (unpaired) electrons. The highest BCUT2D eigenvalue weighted by Gasteiger charge is 2.51. The number of carbonyl (C=O) groups is 3. The van der Waals surface area contributed by atoms with Crippen LogP contribution in [0, 0.1) is 10.8 Å². The van der Waals surface area contributed by atoms with Crippen LogP contribution >= 0.6 is 0 Å². The third kappa shape index (κ3) is 4.86. The van der Waals surface area contributed by atoms with Gasteiger partial charge in [-0.3, -0.25) is 9.59 Å². The van der Waals surface area contributed by atoms with Gasteiger partial charge in [-0.1, -0.05) is 38.5 Å². The Morgan fingerprint density at radius 1 is 1.19 bits per heavy atom. The predicted molar refractivity (Wildman–Crippen MR) is 100.0 cm³/mol. The first-order chi connectivity index (χ1) is 12.4. The second-order valence-electron chi connectivity index (χ2n) is 8.95. The third-order valence-electron chi connectivity index (χ3n) is 6.21. The molecule has 2 unspecified atom stereocenters. The highest BCUT2D eigenvalue weighted by Crippen LogP contribution is 2.56. The molecule has 0 aromatic heterocycles. The van der Waals surface area contributed by atoms with Crippen LogP contribution in [-0.4, -0.2) is 40.1 Å². The molecular weight excluding hydrogens is 348 g/mol. The highest BCUT2D eigenvalue weighted by molar-refractivity contribution is 5.89. The molecule has 0 aromatic rings. The summed E-state index contributed by atoms with van der Waals surface area (Å²) < 4.78 is 5.20. The van der Waals surface area contributed by atoms with Gasteiger partial charge < -0.3 is 14.9 Å². The molecule has 1 saturated carbocycles. The van der Waals surface area contributed by atoms with Crippen molar-refractivity contribution in [1.82, 2.24) is 0 Å². The molecule has 1 fully saturated rings. The Hall–Kier alpha value is -1.95. The topological polar surface area (TPSA) is 101 Å². The second-order valence-corrected chi connectivity index (χ2v) is 8.95. The van der Waals surface area contributed by atoms with Gasteiger partial charge in [0.2, 0.25) is 0 Å². The van der Waals surface area contributed by atoms with Gasteiger partial charge >= 0.3 is 11.9 Å². The van der Waals surface area contributed by atoms with Gasteiger partial charge in [0, 0.05) is 30.3 Å². The minimum Gasteiger partial charge on any atom is -0.481 e. The average molecular weight is 378 g/mol. The highest BCUT2D eigenvalue weighted by atomic mass is 16.5. The molecule has 27 heavy (non-hydrogen) atoms. The third-order valence-corrected chi connectivity index (χ3v) is 6.21. The molecule has 0 amide bonds. The molecule has 0 saturated heterocycles. The van der Waals surface area contributed by atoms with Gasteiger partial charge in [0.15, 0.2) is 0 Å². The second kappa shape index (κ2) is 7.58. The van der Waals surface area contributed by atoms with E-state index in [1.165, 1.54) is 12.5 Å². The monoisotopic (exact) mass is 378 g/mol. The summed E-state index contributed by atoms with van der Waals surface area (Å²) in [5.41, 5.74) is 0.0555. The van der Waals surface area contributed by atoms with Crippen molar-refractivity contribution < 1.29 is 29.3 Å². The summed E-state index contributed by atoms with van der Waals surface area (Å²) in [6, 6.07) is 0. The van der Waals surface area contributed by atoms with Crippen molar-refractivity contribution in [3.63, 3.8) is 0 Å². The number of carboxylic acids is 1. The molecule has 0 aliphatic heterocycles. The molecule has 0 spiro atoms. The van der Waals surface area contributed by atoms with Crippen LogP contribution in [0.2, 0.25) is 0 Å². The predicted octanol–water partition coefficient (Wildman–Crippen LogP) is 3.19. The van der Waals surface area contributed by atoms with E-state index >= 15 is 0 Å². The summed E-state index contributed by atoms with van der Waals surface area (Å²) in [5.74, 6) is -1.25. The van der Waals surface area contributed by atoms with E-state index in [1.807, 2.05) is 6.08 Å². The van der Waals surface area contributed by atoms with Crippen LogP contribution in [-0.2, 0) is 19.1 Å². The fraction of sp³-hybridized carbons (Fsp3) is 0.667. The van der Waals surface area contributed by atoms with E-state index in [-0.39, 0.29) is 29.6 Å². The molecule has 150 valence electrons. The summed E-state index contributed by atoms with van der Waals surface area (Å²) in [7, 11) is 0. The number of carboxylic acid groups (broad SMARTS) is 1. The van der Waals surface area contributed by atoms with Gasteiger partial charge in [-0.05, 0) is 25.2 Å². The zero-order chi connectivity index (χ0) is 20.5. The smallest absolute Gasteiger partial charge is 0.334 e. The van der Waals surface area contributed by atoms with E-state index in [2.05, 4.69) is 20.8 Å². The molecule has 2 atom stereocenters. The number of rotatable bonds is 7. The number of allylic oxidation sites excluding steroid dienone is 3. The number of Topliss-reactive ketones (excluding diaryl/α,β-unsaturated/α-hetero) is 1. The molecule has 2 aliphatic rings. The van der Waals surface area contributed by atoms with Crippen molar-refractivity contribution in [2.75, 3.05) is 6.61 Å². The van der Waals surface area contributed by atoms with E-state index in [9.17, 15) is 19.5 Å². The summed E-state index contributed by atoms with van der Waals surface area (Å²) in [6.45, 7) is 7.75. The van der Waals surface area contributed by atoms with Gasteiger partial charge in [-0.2, -0.15) is 0 Å². The number of hydrogen-bond donors (Lipinski definition) is 2. The standard InChI is InChI=1S/C21H30O6/c1-19(2)11-16(22)12-21(19,4)15-7-5-14(6-8-15)18(25)27-10-9-20(3,26)13-17(23)24/h5,7,26H,6,8-13H2,1-4H3,(H,23,24). The van der Waals surface area contributed by atoms with Crippen molar-refractivity contribution in [2.24, 2.45) is 10.8 Å². The largest absolute Gasteiger partial charge is 0.481 e. The first kappa shape index (κ1) is 21.4. The SMILES string of the molecule is CC(O)(CCOC(=O)C1=CC=C(C2(C)CC(=O)CC2(C)C)CC1)CC(=O)O. The number of ketones is 1. The normalized spacial score (nSPS) is 26.8. The van der Waals surface area contributed by atoms with Gasteiger partial charge in [-0.25, -0.2) is 4.79 Å². The minimum atomic E-state index is -1.41.